The highest BCUT2D eigenvalue weighted by molar-refractivity contribution is 5.99. The van der Waals surface area contributed by atoms with Gasteiger partial charge in [-0.1, -0.05) is 36.4 Å². The zero-order valence-electron chi connectivity index (χ0n) is 40.5. The van der Waals surface area contributed by atoms with Gasteiger partial charge < -0.3 is 14.5 Å². The van der Waals surface area contributed by atoms with E-state index in [1.165, 1.54) is 15.4 Å². The number of fused-ring (bicyclic) bond motifs is 1. The number of piperidine rings is 3. The number of nitriles is 1. The molecule has 0 bridgehead atoms. The minimum absolute atomic E-state index is 0.175. The molecule has 1 N–H and O–H groups in total. The van der Waals surface area contributed by atoms with Gasteiger partial charge >= 0.3 is 0 Å². The molecular formula is C54H58N12O6. The Bertz CT molecular complexity index is 3140. The fraction of sp³-hybridized carbons (Fsp3) is 0.407. The Morgan fingerprint density at radius 1 is 0.764 bits per heavy atom. The van der Waals surface area contributed by atoms with E-state index < -0.39 is 11.9 Å². The minimum Gasteiger partial charge on any atom is -0.490 e. The van der Waals surface area contributed by atoms with Gasteiger partial charge in [0.2, 0.25) is 11.8 Å². The SMILES string of the molecule is Cc1nn(C2CCC(=O)NC2=O)c(=O)c2cc(N3CCC(CN4CCN(C(=O)CN5CCC(COc6cnc(-c7cccc(Cn8nc(-c9cccc(C#N)c9)ccc8=O)c7)nc6)CC5)CC4)CC3)ccc12. The normalized spacial score (nSPS) is 18.5. The van der Waals surface area contributed by atoms with E-state index in [0.29, 0.717) is 58.9 Å². The van der Waals surface area contributed by atoms with Crippen LogP contribution in [0.15, 0.2) is 101 Å². The maximum atomic E-state index is 13.6. The number of ether oxygens (including phenoxy) is 1. The summed E-state index contributed by atoms with van der Waals surface area (Å²) < 4.78 is 8.81. The van der Waals surface area contributed by atoms with E-state index in [4.69, 9.17) is 4.74 Å². The quantitative estimate of drug-likeness (QED) is 0.159. The van der Waals surface area contributed by atoms with Crippen LogP contribution in [0, 0.1) is 30.1 Å². The lowest BCUT2D eigenvalue weighted by Gasteiger charge is -2.40. The van der Waals surface area contributed by atoms with E-state index in [0.717, 1.165) is 112 Å². The molecule has 3 aromatic carbocycles. The number of anilines is 1. The summed E-state index contributed by atoms with van der Waals surface area (Å²) in [6, 6.07) is 25.3. The van der Waals surface area contributed by atoms with Crippen molar-refractivity contribution in [1.82, 2.24) is 49.5 Å². The molecule has 10 rings (SSSR count). The predicted molar refractivity (Wildman–Crippen MR) is 270 cm³/mol. The molecule has 18 heteroatoms. The number of likely N-dealkylation sites (tertiary alicyclic amines) is 1. The van der Waals surface area contributed by atoms with E-state index >= 15 is 0 Å². The number of hydrogen-bond acceptors (Lipinski definition) is 14. The fourth-order valence-electron chi connectivity index (χ4n) is 10.5. The third-order valence-corrected chi connectivity index (χ3v) is 14.7. The second-order valence-electron chi connectivity index (χ2n) is 19.5. The molecule has 1 unspecified atom stereocenters. The summed E-state index contributed by atoms with van der Waals surface area (Å²) in [5.41, 5.74) is 4.67. The number of carbonyl (C=O) groups excluding carboxylic acids is 3. The van der Waals surface area contributed by atoms with Crippen molar-refractivity contribution in [1.29, 1.82) is 5.26 Å². The van der Waals surface area contributed by atoms with Gasteiger partial charge in [0.15, 0.2) is 11.6 Å². The van der Waals surface area contributed by atoms with Crippen LogP contribution < -0.4 is 26.1 Å². The molecule has 370 valence electrons. The molecule has 18 nitrogen and oxygen atoms in total. The first-order chi connectivity index (χ1) is 35.0. The van der Waals surface area contributed by atoms with Crippen LogP contribution in [0.25, 0.3) is 33.4 Å². The molecular weight excluding hydrogens is 913 g/mol. The van der Waals surface area contributed by atoms with Crippen LogP contribution in [0.5, 0.6) is 5.75 Å². The van der Waals surface area contributed by atoms with Crippen LogP contribution >= 0.6 is 0 Å². The second kappa shape index (κ2) is 21.4. The highest BCUT2D eigenvalue weighted by atomic mass is 16.5. The van der Waals surface area contributed by atoms with Gasteiger partial charge in [-0.2, -0.15) is 15.5 Å². The maximum absolute atomic E-state index is 13.6. The Morgan fingerprint density at radius 3 is 2.28 bits per heavy atom. The van der Waals surface area contributed by atoms with Crippen molar-refractivity contribution in [3.05, 3.63) is 129 Å². The van der Waals surface area contributed by atoms with Crippen molar-refractivity contribution in [3.8, 4) is 34.5 Å². The lowest BCUT2D eigenvalue weighted by Crippen LogP contribution is -2.53. The number of rotatable bonds is 13. The standard InChI is InChI=1S/C54H58N12O6/c1-36-45-9-8-43(28-46(45)54(71)66(59-36)48-11-12-49(67)58-53(48)70)63-20-16-37(17-21-63)32-62-22-24-64(25-23-62)51(69)34-61-18-14-38(15-19-61)35-72-44-30-56-52(57-31-44)42-7-3-5-40(27-42)33-65-50(68)13-10-47(60-65)41-6-2-4-39(26-41)29-55/h2-10,13,26-28,30-31,37-38,48H,11-12,14-25,32-35H2,1H3,(H,58,67,70). The summed E-state index contributed by atoms with van der Waals surface area (Å²) in [4.78, 5) is 82.4. The fourth-order valence-corrected chi connectivity index (χ4v) is 10.5. The van der Waals surface area contributed by atoms with Crippen LogP contribution in [0.4, 0.5) is 5.69 Å². The van der Waals surface area contributed by atoms with Crippen LogP contribution in [-0.2, 0) is 20.9 Å². The highest BCUT2D eigenvalue weighted by Gasteiger charge is 2.32. The maximum Gasteiger partial charge on any atom is 0.275 e. The van der Waals surface area contributed by atoms with Crippen LogP contribution in [0.1, 0.15) is 61.4 Å². The summed E-state index contributed by atoms with van der Waals surface area (Å²) in [7, 11) is 0. The molecule has 4 fully saturated rings. The highest BCUT2D eigenvalue weighted by Crippen LogP contribution is 2.29. The third-order valence-electron chi connectivity index (χ3n) is 14.7. The number of hydrogen-bond donors (Lipinski definition) is 1. The van der Waals surface area contributed by atoms with E-state index in [2.05, 4.69) is 52.3 Å². The Hall–Kier alpha value is -7.62. The third kappa shape index (κ3) is 11.0. The molecule has 6 aromatic rings. The Labute approximate surface area is 416 Å². The number of nitrogens with one attached hydrogen (secondary N) is 1. The van der Waals surface area contributed by atoms with Gasteiger partial charge in [0.25, 0.3) is 17.0 Å². The molecule has 0 aliphatic carbocycles. The molecule has 0 spiro atoms. The Kier molecular flexibility index (Phi) is 14.3. The monoisotopic (exact) mass is 970 g/mol. The molecule has 3 amide bonds. The van der Waals surface area contributed by atoms with Crippen molar-refractivity contribution in [2.24, 2.45) is 11.8 Å². The smallest absolute Gasteiger partial charge is 0.275 e. The van der Waals surface area contributed by atoms with Gasteiger partial charge in [-0.3, -0.25) is 39.1 Å². The summed E-state index contributed by atoms with van der Waals surface area (Å²) in [5, 5.41) is 22.0. The minimum atomic E-state index is -0.802. The van der Waals surface area contributed by atoms with Gasteiger partial charge in [-0.25, -0.2) is 19.3 Å². The number of carbonyl (C=O) groups is 3. The summed E-state index contributed by atoms with van der Waals surface area (Å²) >= 11 is 0. The van der Waals surface area contributed by atoms with Crippen molar-refractivity contribution >= 4 is 34.2 Å². The first-order valence-electron chi connectivity index (χ1n) is 25.0. The zero-order chi connectivity index (χ0) is 49.7. The molecule has 7 heterocycles. The molecule has 4 aliphatic heterocycles. The molecule has 3 aromatic heterocycles. The van der Waals surface area contributed by atoms with E-state index in [-0.39, 0.29) is 42.3 Å². The number of amides is 3. The van der Waals surface area contributed by atoms with Gasteiger partial charge in [-0.15, -0.1) is 0 Å². The van der Waals surface area contributed by atoms with Gasteiger partial charge in [0, 0.05) is 80.5 Å². The summed E-state index contributed by atoms with van der Waals surface area (Å²) in [6.07, 6.45) is 7.78. The van der Waals surface area contributed by atoms with Gasteiger partial charge in [0.1, 0.15) is 6.04 Å². The summed E-state index contributed by atoms with van der Waals surface area (Å²) in [6.45, 7) is 10.8. The molecule has 1 atom stereocenters. The number of piperazine rings is 1. The predicted octanol–water partition coefficient (Wildman–Crippen LogP) is 4.43. The number of aryl methyl sites for hydroxylation is 1. The lowest BCUT2D eigenvalue weighted by atomic mass is 9.95. The first kappa shape index (κ1) is 48.0. The topological polar surface area (TPSA) is 205 Å². The molecule has 0 saturated carbocycles. The Morgan fingerprint density at radius 2 is 1.51 bits per heavy atom. The van der Waals surface area contributed by atoms with Gasteiger partial charge in [-0.05, 0) is 106 Å². The van der Waals surface area contributed by atoms with Crippen molar-refractivity contribution in [3.63, 3.8) is 0 Å². The van der Waals surface area contributed by atoms with Crippen molar-refractivity contribution in [2.45, 2.75) is 58.0 Å². The van der Waals surface area contributed by atoms with Crippen molar-refractivity contribution in [2.75, 3.05) is 77.0 Å². The first-order valence-corrected chi connectivity index (χ1v) is 25.0. The van der Waals surface area contributed by atoms with Crippen molar-refractivity contribution < 1.29 is 19.1 Å². The number of aromatic nitrogens is 6. The van der Waals surface area contributed by atoms with E-state index in [1.54, 1.807) is 36.7 Å². The molecule has 0 radical (unpaired) electrons. The second-order valence-corrected chi connectivity index (χ2v) is 19.5. The average Bonchev–Trinajstić information content (AvgIpc) is 3.41. The molecule has 4 aliphatic rings. The van der Waals surface area contributed by atoms with E-state index in [9.17, 15) is 29.2 Å². The van der Waals surface area contributed by atoms with E-state index in [1.807, 2.05) is 54.3 Å². The van der Waals surface area contributed by atoms with Crippen LogP contribution in [0.3, 0.4) is 0 Å². The van der Waals surface area contributed by atoms with Crippen LogP contribution in [-0.4, -0.2) is 134 Å². The molecule has 4 saturated heterocycles. The zero-order valence-corrected chi connectivity index (χ0v) is 40.5. The van der Waals surface area contributed by atoms with Crippen LogP contribution in [0.2, 0.25) is 0 Å². The number of benzene rings is 3. The average molecular weight is 971 g/mol. The Balaban J connectivity index is 0.632. The number of imide groups is 1. The largest absolute Gasteiger partial charge is 0.490 e. The lowest BCUT2D eigenvalue weighted by molar-refractivity contribution is -0.136. The summed E-state index contributed by atoms with van der Waals surface area (Å²) in [5.74, 6) is 1.45. The van der Waals surface area contributed by atoms with Gasteiger partial charge in [0.05, 0.1) is 60.5 Å². The number of nitrogens with zero attached hydrogens (tertiary/aromatic N) is 11. The molecule has 72 heavy (non-hydrogen) atoms.